The molecular formula is C13H23NO. The summed E-state index contributed by atoms with van der Waals surface area (Å²) in [6, 6.07) is 0. The zero-order valence-corrected chi connectivity index (χ0v) is 9.80. The zero-order valence-electron chi connectivity index (χ0n) is 9.80. The molecule has 2 fully saturated rings. The van der Waals surface area contributed by atoms with Crippen LogP contribution in [0.5, 0.6) is 0 Å². The molecule has 86 valence electrons. The molecule has 1 aliphatic carbocycles. The van der Waals surface area contributed by atoms with E-state index in [1.54, 1.807) is 0 Å². The van der Waals surface area contributed by atoms with Gasteiger partial charge in [0.2, 0.25) is 0 Å². The van der Waals surface area contributed by atoms with Gasteiger partial charge in [0.05, 0.1) is 0 Å². The van der Waals surface area contributed by atoms with E-state index in [9.17, 15) is 4.79 Å². The number of hydrogen-bond acceptors (Lipinski definition) is 2. The van der Waals surface area contributed by atoms with Crippen molar-refractivity contribution in [1.82, 2.24) is 5.32 Å². The molecule has 2 nitrogen and oxygen atoms in total. The number of rotatable bonds is 2. The Morgan fingerprint density at radius 2 is 2.27 bits per heavy atom. The minimum absolute atomic E-state index is 0.341. The van der Waals surface area contributed by atoms with E-state index in [4.69, 9.17) is 0 Å². The molecular weight excluding hydrogens is 186 g/mol. The third-order valence-electron chi connectivity index (χ3n) is 4.30. The molecule has 1 saturated heterocycles. The monoisotopic (exact) mass is 209 g/mol. The highest BCUT2D eigenvalue weighted by Crippen LogP contribution is 2.36. The first kappa shape index (κ1) is 11.1. The van der Waals surface area contributed by atoms with Crippen LogP contribution in [0.1, 0.15) is 45.4 Å². The van der Waals surface area contributed by atoms with E-state index in [1.807, 2.05) is 0 Å². The van der Waals surface area contributed by atoms with Crippen LogP contribution < -0.4 is 5.32 Å². The third kappa shape index (κ3) is 2.60. The van der Waals surface area contributed by atoms with Gasteiger partial charge in [-0.1, -0.05) is 26.2 Å². The van der Waals surface area contributed by atoms with Crippen LogP contribution in [0, 0.1) is 17.8 Å². The van der Waals surface area contributed by atoms with Crippen molar-refractivity contribution < 1.29 is 4.79 Å². The van der Waals surface area contributed by atoms with Crippen LogP contribution in [0.2, 0.25) is 0 Å². The molecule has 0 aromatic carbocycles. The lowest BCUT2D eigenvalue weighted by atomic mass is 9.72. The Hall–Kier alpha value is -0.370. The number of nitrogens with one attached hydrogen (secondary N) is 1. The van der Waals surface area contributed by atoms with E-state index in [-0.39, 0.29) is 0 Å². The van der Waals surface area contributed by atoms with Crippen molar-refractivity contribution in [3.8, 4) is 0 Å². The Labute approximate surface area is 92.8 Å². The molecule has 2 heteroatoms. The van der Waals surface area contributed by atoms with Crippen molar-refractivity contribution in [3.05, 3.63) is 0 Å². The van der Waals surface area contributed by atoms with Gasteiger partial charge in [-0.3, -0.25) is 4.79 Å². The minimum Gasteiger partial charge on any atom is -0.316 e. The predicted octanol–water partition coefficient (Wildman–Crippen LogP) is 2.38. The maximum absolute atomic E-state index is 11.8. The Kier molecular flexibility index (Phi) is 3.79. The lowest BCUT2D eigenvalue weighted by Gasteiger charge is -2.35. The molecule has 1 heterocycles. The van der Waals surface area contributed by atoms with Gasteiger partial charge in [0.15, 0.2) is 0 Å². The molecule has 0 aromatic heterocycles. The lowest BCUT2D eigenvalue weighted by Crippen LogP contribution is -2.42. The maximum Gasteiger partial charge on any atom is 0.138 e. The predicted molar refractivity (Wildman–Crippen MR) is 61.7 cm³/mol. The highest BCUT2D eigenvalue weighted by atomic mass is 16.1. The van der Waals surface area contributed by atoms with E-state index in [0.29, 0.717) is 17.6 Å². The second kappa shape index (κ2) is 5.11. The van der Waals surface area contributed by atoms with Crippen molar-refractivity contribution in [2.75, 3.05) is 13.1 Å². The van der Waals surface area contributed by atoms with Gasteiger partial charge in [0.1, 0.15) is 5.78 Å². The molecule has 2 aliphatic rings. The summed E-state index contributed by atoms with van der Waals surface area (Å²) in [5.74, 6) is 2.44. The average Bonchev–Trinajstić information content (AvgIpc) is 2.30. The Balaban J connectivity index is 1.93. The second-order valence-corrected chi connectivity index (χ2v) is 5.23. The van der Waals surface area contributed by atoms with Crippen molar-refractivity contribution in [1.29, 1.82) is 0 Å². The molecule has 1 aliphatic heterocycles. The van der Waals surface area contributed by atoms with Crippen LogP contribution in [0.4, 0.5) is 0 Å². The van der Waals surface area contributed by atoms with Crippen LogP contribution in [-0.4, -0.2) is 18.9 Å². The first-order chi connectivity index (χ1) is 7.31. The number of hydrogen-bond donors (Lipinski definition) is 1. The van der Waals surface area contributed by atoms with Crippen LogP contribution in [0.15, 0.2) is 0 Å². The van der Waals surface area contributed by atoms with Gasteiger partial charge in [-0.15, -0.1) is 0 Å². The summed E-state index contributed by atoms with van der Waals surface area (Å²) < 4.78 is 0. The van der Waals surface area contributed by atoms with Gasteiger partial charge in [0, 0.05) is 25.4 Å². The first-order valence-electron chi connectivity index (χ1n) is 6.54. The molecule has 0 radical (unpaired) electrons. The second-order valence-electron chi connectivity index (χ2n) is 5.23. The summed E-state index contributed by atoms with van der Waals surface area (Å²) in [5.41, 5.74) is 0. The fraction of sp³-hybridized carbons (Fsp3) is 0.923. The van der Waals surface area contributed by atoms with Crippen molar-refractivity contribution in [3.63, 3.8) is 0 Å². The average molecular weight is 209 g/mol. The Morgan fingerprint density at radius 3 is 3.00 bits per heavy atom. The van der Waals surface area contributed by atoms with E-state index < -0.39 is 0 Å². The number of carbonyl (C=O) groups is 1. The molecule has 1 N–H and O–H groups in total. The van der Waals surface area contributed by atoms with Crippen LogP contribution >= 0.6 is 0 Å². The standard InChI is InChI=1S/C13H23NO/c1-2-10-4-3-5-11(8-10)12-9-14-7-6-13(12)15/h10-12,14H,2-9H2,1H3. The maximum atomic E-state index is 11.8. The molecule has 0 amide bonds. The van der Waals surface area contributed by atoms with E-state index in [1.165, 1.54) is 32.1 Å². The van der Waals surface area contributed by atoms with Crippen LogP contribution in [-0.2, 0) is 4.79 Å². The summed E-state index contributed by atoms with van der Waals surface area (Å²) in [5, 5.41) is 3.37. The smallest absolute Gasteiger partial charge is 0.138 e. The summed E-state index contributed by atoms with van der Waals surface area (Å²) in [6.07, 6.45) is 7.38. The van der Waals surface area contributed by atoms with Crippen LogP contribution in [0.25, 0.3) is 0 Å². The number of carbonyl (C=O) groups excluding carboxylic acids is 1. The Bertz CT molecular complexity index is 227. The number of Topliss-reactive ketones (excluding diaryl/α,β-unsaturated/α-hetero) is 1. The van der Waals surface area contributed by atoms with Gasteiger partial charge in [-0.25, -0.2) is 0 Å². The molecule has 0 bridgehead atoms. The first-order valence-corrected chi connectivity index (χ1v) is 6.54. The van der Waals surface area contributed by atoms with Crippen molar-refractivity contribution in [2.45, 2.75) is 45.4 Å². The summed E-state index contributed by atoms with van der Waals surface area (Å²) in [6.45, 7) is 4.13. The molecule has 0 aromatic rings. The molecule has 1 saturated carbocycles. The van der Waals surface area contributed by atoms with Crippen molar-refractivity contribution >= 4 is 5.78 Å². The lowest BCUT2D eigenvalue weighted by molar-refractivity contribution is -0.126. The fourth-order valence-corrected chi connectivity index (χ4v) is 3.27. The largest absolute Gasteiger partial charge is 0.316 e. The number of ketones is 1. The quantitative estimate of drug-likeness (QED) is 0.756. The zero-order chi connectivity index (χ0) is 10.7. The summed E-state index contributed by atoms with van der Waals surface area (Å²) >= 11 is 0. The third-order valence-corrected chi connectivity index (χ3v) is 4.30. The van der Waals surface area contributed by atoms with Gasteiger partial charge in [0.25, 0.3) is 0 Å². The van der Waals surface area contributed by atoms with Crippen molar-refractivity contribution in [2.24, 2.45) is 17.8 Å². The highest BCUT2D eigenvalue weighted by molar-refractivity contribution is 5.82. The van der Waals surface area contributed by atoms with Gasteiger partial charge in [-0.2, -0.15) is 0 Å². The molecule has 15 heavy (non-hydrogen) atoms. The van der Waals surface area contributed by atoms with Gasteiger partial charge < -0.3 is 5.32 Å². The Morgan fingerprint density at radius 1 is 1.40 bits per heavy atom. The molecule has 2 rings (SSSR count). The number of piperidine rings is 1. The minimum atomic E-state index is 0.341. The normalized spacial score (nSPS) is 37.9. The van der Waals surface area contributed by atoms with E-state index in [2.05, 4.69) is 12.2 Å². The molecule has 3 atom stereocenters. The van der Waals surface area contributed by atoms with Gasteiger partial charge >= 0.3 is 0 Å². The topological polar surface area (TPSA) is 29.1 Å². The summed E-state index contributed by atoms with van der Waals surface area (Å²) in [4.78, 5) is 11.8. The summed E-state index contributed by atoms with van der Waals surface area (Å²) in [7, 11) is 0. The van der Waals surface area contributed by atoms with Gasteiger partial charge in [-0.05, 0) is 24.7 Å². The fourth-order valence-electron chi connectivity index (χ4n) is 3.27. The van der Waals surface area contributed by atoms with E-state index >= 15 is 0 Å². The molecule has 3 unspecified atom stereocenters. The molecule has 0 spiro atoms. The van der Waals surface area contributed by atoms with E-state index in [0.717, 1.165) is 25.4 Å². The highest BCUT2D eigenvalue weighted by Gasteiger charge is 2.33. The van der Waals surface area contributed by atoms with Crippen LogP contribution in [0.3, 0.4) is 0 Å². The SMILES string of the molecule is CCC1CCCC(C2CNCCC2=O)C1.